The number of aromatic nitrogens is 2. The van der Waals surface area contributed by atoms with E-state index in [4.69, 9.17) is 16.3 Å². The molecule has 0 fully saturated rings. The zero-order chi connectivity index (χ0) is 22.0. The number of hydrogen-bond donors (Lipinski definition) is 1. The molecule has 29 heavy (non-hydrogen) atoms. The van der Waals surface area contributed by atoms with Crippen molar-refractivity contribution in [1.82, 2.24) is 14.9 Å². The summed E-state index contributed by atoms with van der Waals surface area (Å²) >= 11 is 6.19. The second-order valence-corrected chi connectivity index (χ2v) is 10.6. The van der Waals surface area contributed by atoms with Crippen molar-refractivity contribution in [2.75, 3.05) is 12.0 Å². The summed E-state index contributed by atoms with van der Waals surface area (Å²) in [6, 6.07) is 4.28. The number of rotatable bonds is 6. The van der Waals surface area contributed by atoms with Crippen molar-refractivity contribution in [1.29, 1.82) is 0 Å². The first-order valence-corrected chi connectivity index (χ1v) is 11.6. The average Bonchev–Trinajstić information content (AvgIpc) is 2.53. The summed E-state index contributed by atoms with van der Waals surface area (Å²) in [4.78, 5) is 29.8. The number of carbonyl (C=O) groups is 1. The van der Waals surface area contributed by atoms with Gasteiger partial charge in [0.1, 0.15) is 21.3 Å². The van der Waals surface area contributed by atoms with Gasteiger partial charge in [-0.05, 0) is 46.2 Å². The minimum Gasteiger partial charge on any atom is -0.444 e. The molecule has 0 saturated heterocycles. The van der Waals surface area contributed by atoms with Crippen LogP contribution in [0.25, 0.3) is 10.9 Å². The molecule has 10 heteroatoms. The second-order valence-electron chi connectivity index (χ2n) is 7.91. The predicted molar refractivity (Wildman–Crippen MR) is 113 cm³/mol. The molecule has 0 bridgehead atoms. The molecule has 2 rings (SSSR count). The molecule has 0 radical (unpaired) electrons. The number of amides is 1. The van der Waals surface area contributed by atoms with Crippen LogP contribution < -0.4 is 10.9 Å². The highest BCUT2D eigenvalue weighted by atomic mass is 35.5. The third kappa shape index (κ3) is 6.43. The summed E-state index contributed by atoms with van der Waals surface area (Å²) in [6.07, 6.45) is 0.717. The molecule has 1 atom stereocenters. The quantitative estimate of drug-likeness (QED) is 0.735. The van der Waals surface area contributed by atoms with E-state index in [1.807, 2.05) is 0 Å². The molecular formula is C19H26ClN3O5S. The Hall–Kier alpha value is -2.13. The number of hydrogen-bond acceptors (Lipinski definition) is 6. The minimum atomic E-state index is -3.18. The molecule has 160 valence electrons. The van der Waals surface area contributed by atoms with Gasteiger partial charge in [0, 0.05) is 12.8 Å². The molecule has 0 aliphatic heterocycles. The van der Waals surface area contributed by atoms with Gasteiger partial charge in [0.15, 0.2) is 0 Å². The first kappa shape index (κ1) is 23.2. The Bertz CT molecular complexity index is 1070. The fourth-order valence-electron chi connectivity index (χ4n) is 2.82. The number of sulfone groups is 1. The van der Waals surface area contributed by atoms with Crippen LogP contribution in [0.4, 0.5) is 4.79 Å². The molecule has 0 aliphatic carbocycles. The van der Waals surface area contributed by atoms with E-state index in [1.165, 1.54) is 4.57 Å². The van der Waals surface area contributed by atoms with Crippen molar-refractivity contribution in [3.05, 3.63) is 39.4 Å². The summed E-state index contributed by atoms with van der Waals surface area (Å²) in [5, 5.41) is 3.18. The molecule has 1 aromatic heterocycles. The zero-order valence-corrected chi connectivity index (χ0v) is 18.7. The number of alkyl carbamates (subject to hydrolysis) is 1. The largest absolute Gasteiger partial charge is 0.444 e. The maximum Gasteiger partial charge on any atom is 0.408 e. The molecule has 1 N–H and O–H groups in total. The van der Waals surface area contributed by atoms with Gasteiger partial charge in [0.2, 0.25) is 0 Å². The van der Waals surface area contributed by atoms with E-state index < -0.39 is 27.6 Å². The Morgan fingerprint density at radius 3 is 2.59 bits per heavy atom. The van der Waals surface area contributed by atoms with Crippen LogP contribution in [0.1, 0.15) is 46.0 Å². The number of nitrogens with zero attached hydrogens (tertiary/aromatic N) is 2. The summed E-state index contributed by atoms with van der Waals surface area (Å²) in [6.45, 7) is 7.03. The molecule has 2 aromatic rings. The lowest BCUT2D eigenvalue weighted by Crippen LogP contribution is -2.37. The van der Waals surface area contributed by atoms with Crippen LogP contribution in [0.2, 0.25) is 5.02 Å². The van der Waals surface area contributed by atoms with Gasteiger partial charge in [-0.2, -0.15) is 0 Å². The fourth-order valence-corrected chi connectivity index (χ4v) is 3.72. The fraction of sp³-hybridized carbons (Fsp3) is 0.526. The van der Waals surface area contributed by atoms with E-state index in [-0.39, 0.29) is 34.7 Å². The molecule has 1 heterocycles. The number of ether oxygens (including phenoxy) is 1. The Balaban J connectivity index is 2.46. The van der Waals surface area contributed by atoms with E-state index >= 15 is 0 Å². The van der Waals surface area contributed by atoms with Gasteiger partial charge in [0.05, 0.1) is 27.7 Å². The van der Waals surface area contributed by atoms with Crippen LogP contribution in [0.5, 0.6) is 0 Å². The summed E-state index contributed by atoms with van der Waals surface area (Å²) < 4.78 is 29.6. The van der Waals surface area contributed by atoms with Crippen molar-refractivity contribution in [3.63, 3.8) is 0 Å². The van der Waals surface area contributed by atoms with Crippen LogP contribution in [-0.2, 0) is 21.1 Å². The Labute approximate surface area is 175 Å². The van der Waals surface area contributed by atoms with Gasteiger partial charge in [-0.25, -0.2) is 18.2 Å². The maximum absolute atomic E-state index is 13.1. The monoisotopic (exact) mass is 443 g/mol. The molecule has 0 aliphatic rings. The highest BCUT2D eigenvalue weighted by Crippen LogP contribution is 2.21. The highest BCUT2D eigenvalue weighted by molar-refractivity contribution is 7.90. The van der Waals surface area contributed by atoms with E-state index in [0.717, 1.165) is 6.26 Å². The summed E-state index contributed by atoms with van der Waals surface area (Å²) in [5.41, 5.74) is -0.667. The van der Waals surface area contributed by atoms with Crippen LogP contribution >= 0.6 is 11.6 Å². The van der Waals surface area contributed by atoms with Crippen LogP contribution in [0, 0.1) is 0 Å². The van der Waals surface area contributed by atoms with Gasteiger partial charge in [-0.3, -0.25) is 9.36 Å². The van der Waals surface area contributed by atoms with E-state index in [2.05, 4.69) is 10.3 Å². The average molecular weight is 444 g/mol. The van der Waals surface area contributed by atoms with E-state index in [1.54, 1.807) is 45.9 Å². The predicted octanol–water partition coefficient (Wildman–Crippen LogP) is 3.07. The van der Waals surface area contributed by atoms with Crippen LogP contribution in [0.3, 0.4) is 0 Å². The lowest BCUT2D eigenvalue weighted by Gasteiger charge is -2.23. The smallest absolute Gasteiger partial charge is 0.408 e. The molecule has 0 spiro atoms. The first-order chi connectivity index (χ1) is 13.3. The third-order valence-electron chi connectivity index (χ3n) is 3.98. The third-order valence-corrected chi connectivity index (χ3v) is 5.32. The Morgan fingerprint density at radius 1 is 1.34 bits per heavy atom. The van der Waals surface area contributed by atoms with Crippen molar-refractivity contribution >= 4 is 38.4 Å². The summed E-state index contributed by atoms with van der Waals surface area (Å²) in [7, 11) is -3.18. The van der Waals surface area contributed by atoms with E-state index in [0.29, 0.717) is 11.3 Å². The van der Waals surface area contributed by atoms with Gasteiger partial charge in [-0.15, -0.1) is 0 Å². The lowest BCUT2D eigenvalue weighted by molar-refractivity contribution is 0.0504. The topological polar surface area (TPSA) is 107 Å². The lowest BCUT2D eigenvalue weighted by atomic mass is 10.2. The van der Waals surface area contributed by atoms with Gasteiger partial charge in [0.25, 0.3) is 5.56 Å². The summed E-state index contributed by atoms with van der Waals surface area (Å²) in [5.74, 6) is 0.219. The number of nitrogens with one attached hydrogen (secondary N) is 1. The molecular weight excluding hydrogens is 418 g/mol. The molecule has 0 saturated carbocycles. The standard InChI is InChI=1S/C19H26ClN3O5S/c1-12(21-18(25)28-19(2,3)4)16-22-14-9-6-8-13(20)15(14)17(24)23(16)10-7-11-29(5,26)27/h6,8-9,12H,7,10-11H2,1-5H3,(H,21,25)/t12-/m0/s1. The zero-order valence-electron chi connectivity index (χ0n) is 17.2. The molecule has 8 nitrogen and oxygen atoms in total. The number of halogens is 1. The number of fused-ring (bicyclic) bond motifs is 1. The van der Waals surface area contributed by atoms with Crippen LogP contribution in [0.15, 0.2) is 23.0 Å². The SMILES string of the molecule is C[C@H](NC(=O)OC(C)(C)C)c1nc2cccc(Cl)c2c(=O)n1CCCS(C)(=O)=O. The minimum absolute atomic E-state index is 0.0761. The first-order valence-electron chi connectivity index (χ1n) is 9.15. The van der Waals surface area contributed by atoms with Gasteiger partial charge >= 0.3 is 6.09 Å². The van der Waals surface area contributed by atoms with Crippen molar-refractivity contribution in [2.24, 2.45) is 0 Å². The normalized spacial score (nSPS) is 13.3. The van der Waals surface area contributed by atoms with Crippen molar-refractivity contribution < 1.29 is 17.9 Å². The van der Waals surface area contributed by atoms with Gasteiger partial charge in [-0.1, -0.05) is 17.7 Å². The number of carbonyl (C=O) groups excluding carboxylic acids is 1. The van der Waals surface area contributed by atoms with Crippen molar-refractivity contribution in [3.8, 4) is 0 Å². The Kier molecular flexibility index (Phi) is 6.95. The molecule has 0 unspecified atom stereocenters. The Morgan fingerprint density at radius 2 is 2.00 bits per heavy atom. The van der Waals surface area contributed by atoms with Crippen molar-refractivity contribution in [2.45, 2.75) is 52.3 Å². The maximum atomic E-state index is 13.1. The number of benzene rings is 1. The molecule has 1 amide bonds. The van der Waals surface area contributed by atoms with Gasteiger partial charge < -0.3 is 10.1 Å². The second kappa shape index (κ2) is 8.71. The highest BCUT2D eigenvalue weighted by Gasteiger charge is 2.22. The van der Waals surface area contributed by atoms with E-state index in [9.17, 15) is 18.0 Å². The molecule has 1 aromatic carbocycles. The van der Waals surface area contributed by atoms with Crippen LogP contribution in [-0.4, -0.2) is 41.7 Å².